The fourth-order valence-electron chi connectivity index (χ4n) is 0.686. The summed E-state index contributed by atoms with van der Waals surface area (Å²) in [5, 5.41) is 4.66. The molecule has 0 saturated carbocycles. The Morgan fingerprint density at radius 1 is 1.75 bits per heavy atom. The number of nitrogens with one attached hydrogen (secondary N) is 1. The molecular weight excluding hydrogens is 262 g/mol. The monoisotopic (exact) mass is 267 g/mol. The van der Waals surface area contributed by atoms with Gasteiger partial charge in [0.25, 0.3) is 0 Å². The van der Waals surface area contributed by atoms with Gasteiger partial charge in [-0.2, -0.15) is 0 Å². The summed E-state index contributed by atoms with van der Waals surface area (Å²) >= 11 is 10.2. The minimum absolute atomic E-state index is 0.0192. The van der Waals surface area contributed by atoms with Crippen molar-refractivity contribution in [1.82, 2.24) is 5.32 Å². The van der Waals surface area contributed by atoms with E-state index in [-0.39, 0.29) is 11.8 Å². The zero-order valence-corrected chi connectivity index (χ0v) is 9.30. The number of thiophene rings is 1. The summed E-state index contributed by atoms with van der Waals surface area (Å²) < 4.78 is 1.07. The highest BCUT2D eigenvalue weighted by Gasteiger charge is 1.99. The zero-order chi connectivity index (χ0) is 8.97. The minimum atomic E-state index is -0.140. The van der Waals surface area contributed by atoms with Gasteiger partial charge in [0.15, 0.2) is 0 Å². The Balaban J connectivity index is 2.38. The van der Waals surface area contributed by atoms with Crippen LogP contribution in [0.25, 0.3) is 0 Å². The molecule has 0 aromatic carbocycles. The van der Waals surface area contributed by atoms with Crippen molar-refractivity contribution in [3.05, 3.63) is 20.8 Å². The van der Waals surface area contributed by atoms with Crippen LogP contribution in [0.3, 0.4) is 0 Å². The number of carbonyl (C=O) groups excluding carboxylic acids is 1. The molecule has 66 valence electrons. The van der Waals surface area contributed by atoms with E-state index in [4.69, 9.17) is 11.6 Å². The lowest BCUT2D eigenvalue weighted by atomic mass is 10.3. The Kier molecular flexibility index (Phi) is 4.05. The average molecular weight is 269 g/mol. The van der Waals surface area contributed by atoms with Crippen LogP contribution in [-0.4, -0.2) is 11.8 Å². The Labute approximate surface area is 88.0 Å². The van der Waals surface area contributed by atoms with Gasteiger partial charge in [0.2, 0.25) is 5.91 Å². The molecule has 0 unspecified atom stereocenters. The van der Waals surface area contributed by atoms with Crippen molar-refractivity contribution in [2.45, 2.75) is 6.54 Å². The van der Waals surface area contributed by atoms with E-state index in [1.165, 1.54) is 0 Å². The van der Waals surface area contributed by atoms with Gasteiger partial charge in [0.05, 0.1) is 3.79 Å². The van der Waals surface area contributed by atoms with Gasteiger partial charge in [-0.3, -0.25) is 4.79 Å². The Bertz CT molecular complexity index is 276. The lowest BCUT2D eigenvalue weighted by Gasteiger charge is -1.98. The van der Waals surface area contributed by atoms with E-state index in [1.54, 1.807) is 11.3 Å². The van der Waals surface area contributed by atoms with Crippen LogP contribution in [-0.2, 0) is 11.3 Å². The van der Waals surface area contributed by atoms with Crippen molar-refractivity contribution in [3.8, 4) is 0 Å². The number of hydrogen-bond donors (Lipinski definition) is 1. The van der Waals surface area contributed by atoms with E-state index in [1.807, 2.05) is 11.4 Å². The predicted octanol–water partition coefficient (Wildman–Crippen LogP) is 2.37. The van der Waals surface area contributed by atoms with Crippen molar-refractivity contribution in [3.63, 3.8) is 0 Å². The maximum absolute atomic E-state index is 10.7. The largest absolute Gasteiger partial charge is 0.351 e. The van der Waals surface area contributed by atoms with E-state index in [0.29, 0.717) is 6.54 Å². The molecule has 1 amide bonds. The molecule has 1 heterocycles. The van der Waals surface area contributed by atoms with Gasteiger partial charge < -0.3 is 5.32 Å². The summed E-state index contributed by atoms with van der Waals surface area (Å²) in [7, 11) is 0. The molecule has 0 bridgehead atoms. The van der Waals surface area contributed by atoms with Gasteiger partial charge >= 0.3 is 0 Å². The third kappa shape index (κ3) is 3.13. The number of amides is 1. The second-order valence-electron chi connectivity index (χ2n) is 2.17. The number of hydrogen-bond acceptors (Lipinski definition) is 2. The summed E-state index contributed by atoms with van der Waals surface area (Å²) in [6, 6.07) is 1.97. The van der Waals surface area contributed by atoms with Gasteiger partial charge in [-0.1, -0.05) is 0 Å². The molecule has 0 saturated heterocycles. The summed E-state index contributed by atoms with van der Waals surface area (Å²) in [5.41, 5.74) is 1.09. The number of carbonyl (C=O) groups is 1. The number of alkyl halides is 1. The predicted molar refractivity (Wildman–Crippen MR) is 54.6 cm³/mol. The molecule has 1 rings (SSSR count). The van der Waals surface area contributed by atoms with E-state index < -0.39 is 0 Å². The third-order valence-corrected chi connectivity index (χ3v) is 3.03. The molecule has 1 N–H and O–H groups in total. The van der Waals surface area contributed by atoms with Crippen LogP contribution in [0.5, 0.6) is 0 Å². The highest BCUT2D eigenvalue weighted by Crippen LogP contribution is 2.20. The van der Waals surface area contributed by atoms with Crippen LogP contribution >= 0.6 is 38.9 Å². The molecule has 12 heavy (non-hydrogen) atoms. The van der Waals surface area contributed by atoms with Crippen LogP contribution in [0.4, 0.5) is 0 Å². The van der Waals surface area contributed by atoms with Gasteiger partial charge in [-0.25, -0.2) is 0 Å². The Hall–Kier alpha value is -0.0600. The van der Waals surface area contributed by atoms with Crippen LogP contribution < -0.4 is 5.32 Å². The number of rotatable bonds is 3. The van der Waals surface area contributed by atoms with E-state index in [9.17, 15) is 4.79 Å². The van der Waals surface area contributed by atoms with E-state index in [0.717, 1.165) is 9.35 Å². The summed E-state index contributed by atoms with van der Waals surface area (Å²) in [5.74, 6) is -0.121. The second kappa shape index (κ2) is 4.84. The fraction of sp³-hybridized carbons (Fsp3) is 0.286. The van der Waals surface area contributed by atoms with Crippen molar-refractivity contribution < 1.29 is 4.79 Å². The molecule has 0 spiro atoms. The third-order valence-electron chi connectivity index (χ3n) is 1.23. The maximum Gasteiger partial charge on any atom is 0.235 e. The van der Waals surface area contributed by atoms with Crippen molar-refractivity contribution in [2.24, 2.45) is 0 Å². The van der Waals surface area contributed by atoms with Crippen molar-refractivity contribution in [1.29, 1.82) is 0 Å². The lowest BCUT2D eigenvalue weighted by Crippen LogP contribution is -2.23. The zero-order valence-electron chi connectivity index (χ0n) is 6.14. The first-order chi connectivity index (χ1) is 5.72. The Morgan fingerprint density at radius 2 is 2.50 bits per heavy atom. The molecule has 1 aromatic heterocycles. The summed E-state index contributed by atoms with van der Waals surface area (Å²) in [6.07, 6.45) is 0. The molecule has 0 radical (unpaired) electrons. The van der Waals surface area contributed by atoms with Crippen LogP contribution in [0.1, 0.15) is 5.56 Å². The normalized spacial score (nSPS) is 9.83. The van der Waals surface area contributed by atoms with E-state index >= 15 is 0 Å². The molecule has 5 heteroatoms. The smallest absolute Gasteiger partial charge is 0.235 e. The first-order valence-corrected chi connectivity index (χ1v) is 5.48. The first kappa shape index (κ1) is 10.0. The van der Waals surface area contributed by atoms with Crippen molar-refractivity contribution >= 4 is 44.8 Å². The van der Waals surface area contributed by atoms with E-state index in [2.05, 4.69) is 21.2 Å². The summed E-state index contributed by atoms with van der Waals surface area (Å²) in [4.78, 5) is 10.7. The molecule has 2 nitrogen and oxygen atoms in total. The van der Waals surface area contributed by atoms with Crippen LogP contribution in [0, 0.1) is 0 Å². The second-order valence-corrected chi connectivity index (χ2v) is 4.73. The maximum atomic E-state index is 10.7. The molecule has 0 aliphatic rings. The van der Waals surface area contributed by atoms with Gasteiger partial charge in [0, 0.05) is 6.54 Å². The molecule has 0 atom stereocenters. The van der Waals surface area contributed by atoms with Crippen LogP contribution in [0.2, 0.25) is 0 Å². The van der Waals surface area contributed by atoms with Gasteiger partial charge in [-0.15, -0.1) is 22.9 Å². The average Bonchev–Trinajstić information content (AvgIpc) is 2.47. The highest BCUT2D eigenvalue weighted by atomic mass is 79.9. The minimum Gasteiger partial charge on any atom is -0.351 e. The van der Waals surface area contributed by atoms with Crippen LogP contribution in [0.15, 0.2) is 15.2 Å². The van der Waals surface area contributed by atoms with Crippen molar-refractivity contribution in [2.75, 3.05) is 5.88 Å². The topological polar surface area (TPSA) is 29.1 Å². The molecular formula is C7H7BrClNOS. The summed E-state index contributed by atoms with van der Waals surface area (Å²) in [6.45, 7) is 0.549. The number of halogens is 2. The molecule has 0 aliphatic heterocycles. The fourth-order valence-corrected chi connectivity index (χ4v) is 1.99. The van der Waals surface area contributed by atoms with Gasteiger partial charge in [0.1, 0.15) is 5.88 Å². The Morgan fingerprint density at radius 3 is 3.00 bits per heavy atom. The lowest BCUT2D eigenvalue weighted by molar-refractivity contribution is -0.118. The molecule has 1 aromatic rings. The highest BCUT2D eigenvalue weighted by molar-refractivity contribution is 9.11. The van der Waals surface area contributed by atoms with Gasteiger partial charge in [-0.05, 0) is 32.9 Å². The molecule has 0 fully saturated rings. The SMILES string of the molecule is O=C(CCl)NCc1csc(Br)c1. The quantitative estimate of drug-likeness (QED) is 0.838. The standard InChI is InChI=1S/C7H7BrClNOS/c8-6-1-5(4-12-6)3-10-7(11)2-9/h1,4H,2-3H2,(H,10,11). The molecule has 0 aliphatic carbocycles. The first-order valence-electron chi connectivity index (χ1n) is 3.28.